The number of thiophene rings is 1. The lowest BCUT2D eigenvalue weighted by atomic mass is 9.99. The van der Waals surface area contributed by atoms with Crippen LogP contribution in [0.3, 0.4) is 0 Å². The van der Waals surface area contributed by atoms with E-state index in [1.54, 1.807) is 25.6 Å². The van der Waals surface area contributed by atoms with Crippen molar-refractivity contribution in [1.82, 2.24) is 19.9 Å². The molecule has 0 radical (unpaired) electrons. The maximum Gasteiger partial charge on any atom is 0.230 e. The summed E-state index contributed by atoms with van der Waals surface area (Å²) in [6, 6.07) is 12.9. The molecule has 0 spiro atoms. The molecule has 0 bridgehead atoms. The minimum absolute atomic E-state index is 0.501. The molecule has 216 valence electrons. The van der Waals surface area contributed by atoms with Gasteiger partial charge in [-0.2, -0.15) is 4.98 Å². The Kier molecular flexibility index (Phi) is 7.72. The number of hydrogen-bond acceptors (Lipinski definition) is 10. The van der Waals surface area contributed by atoms with Gasteiger partial charge in [-0.25, -0.2) is 9.97 Å². The minimum Gasteiger partial charge on any atom is -0.495 e. The molecule has 2 fully saturated rings. The maximum absolute atomic E-state index is 5.85. The maximum atomic E-state index is 5.85. The molecule has 1 aromatic carbocycles. The van der Waals surface area contributed by atoms with Crippen molar-refractivity contribution in [2.24, 2.45) is 0 Å². The Bertz CT molecular complexity index is 1530. The first-order chi connectivity index (χ1) is 19.8. The molecule has 0 saturated carbocycles. The number of likely N-dealkylation sites (tertiary alicyclic amines) is 1. The smallest absolute Gasteiger partial charge is 0.230 e. The summed E-state index contributed by atoms with van der Waals surface area (Å²) in [5.41, 5.74) is 3.47. The molecule has 6 rings (SSSR count). The first-order valence-corrected chi connectivity index (χ1v) is 15.2. The number of methoxy groups -OCH3 is 2. The summed E-state index contributed by atoms with van der Waals surface area (Å²) in [6.45, 7) is 10.7. The number of nitrogens with zero attached hydrogens (tertiary/aromatic N) is 5. The van der Waals surface area contributed by atoms with Gasteiger partial charge < -0.3 is 29.9 Å². The van der Waals surface area contributed by atoms with Crippen molar-refractivity contribution in [3.63, 3.8) is 0 Å². The van der Waals surface area contributed by atoms with Crippen molar-refractivity contribution in [1.29, 1.82) is 0 Å². The largest absolute Gasteiger partial charge is 0.495 e. The molecule has 9 nitrogen and oxygen atoms in total. The van der Waals surface area contributed by atoms with E-state index in [1.807, 2.05) is 38.1 Å². The van der Waals surface area contributed by atoms with Crippen LogP contribution in [0, 0.1) is 6.92 Å². The van der Waals surface area contributed by atoms with Gasteiger partial charge in [-0.3, -0.25) is 0 Å². The zero-order chi connectivity index (χ0) is 28.6. The molecule has 2 aliphatic heterocycles. The zero-order valence-electron chi connectivity index (χ0n) is 24.5. The molecular formula is C31H39N7O2S. The lowest BCUT2D eigenvalue weighted by Crippen LogP contribution is -2.50. The van der Waals surface area contributed by atoms with Gasteiger partial charge in [-0.1, -0.05) is 6.07 Å². The Balaban J connectivity index is 1.23. The lowest BCUT2D eigenvalue weighted by molar-refractivity contribution is 0.0156. The molecule has 5 heterocycles. The normalized spacial score (nSPS) is 16.6. The fourth-order valence-corrected chi connectivity index (χ4v) is 6.54. The summed E-state index contributed by atoms with van der Waals surface area (Å²) in [5, 5.41) is 9.96. The average molecular weight is 574 g/mol. The molecule has 41 heavy (non-hydrogen) atoms. The zero-order valence-corrected chi connectivity index (χ0v) is 25.3. The van der Waals surface area contributed by atoms with E-state index in [-0.39, 0.29) is 0 Å². The van der Waals surface area contributed by atoms with Crippen LogP contribution in [-0.4, -0.2) is 66.3 Å². The van der Waals surface area contributed by atoms with Gasteiger partial charge in [-0.15, -0.1) is 11.3 Å². The number of hydrogen-bond donors (Lipinski definition) is 2. The van der Waals surface area contributed by atoms with Crippen LogP contribution < -0.4 is 20.3 Å². The van der Waals surface area contributed by atoms with Gasteiger partial charge >= 0.3 is 0 Å². The van der Waals surface area contributed by atoms with E-state index in [0.29, 0.717) is 17.6 Å². The number of aromatic nitrogens is 3. The monoisotopic (exact) mass is 573 g/mol. The van der Waals surface area contributed by atoms with E-state index in [4.69, 9.17) is 24.4 Å². The van der Waals surface area contributed by atoms with Crippen LogP contribution in [0.5, 0.6) is 5.75 Å². The number of fused-ring (bicyclic) bond motifs is 1. The molecule has 0 amide bonds. The van der Waals surface area contributed by atoms with Crippen LogP contribution in [0.2, 0.25) is 0 Å². The van der Waals surface area contributed by atoms with Crippen molar-refractivity contribution >= 4 is 50.5 Å². The third kappa shape index (κ3) is 5.68. The molecule has 0 aliphatic carbocycles. The lowest BCUT2D eigenvalue weighted by Gasteiger charge is -2.43. The van der Waals surface area contributed by atoms with E-state index in [2.05, 4.69) is 44.9 Å². The summed E-state index contributed by atoms with van der Waals surface area (Å²) in [6.07, 6.45) is 3.75. The number of ether oxygens (including phenoxy) is 2. The van der Waals surface area contributed by atoms with E-state index in [1.165, 1.54) is 32.4 Å². The fraction of sp³-hybridized carbons (Fsp3) is 0.452. The van der Waals surface area contributed by atoms with Crippen LogP contribution in [-0.2, 0) is 10.3 Å². The van der Waals surface area contributed by atoms with Crippen LogP contribution in [0.4, 0.5) is 29.0 Å². The Morgan fingerprint density at radius 2 is 1.78 bits per heavy atom. The SMILES string of the molecule is COc1cc(Nc2nc(Nc3cccc(C(C)(C)OC)n3)c3c(C)csc3n2)ccc1N1CCC(N2CCC2)CC1. The Morgan fingerprint density at radius 1 is 0.976 bits per heavy atom. The minimum atomic E-state index is -0.501. The van der Waals surface area contributed by atoms with Gasteiger partial charge in [0.25, 0.3) is 0 Å². The first kappa shape index (κ1) is 27.7. The second-order valence-electron chi connectivity index (χ2n) is 11.4. The van der Waals surface area contributed by atoms with E-state index < -0.39 is 5.60 Å². The van der Waals surface area contributed by atoms with Crippen LogP contribution in [0.1, 0.15) is 44.4 Å². The predicted octanol–water partition coefficient (Wildman–Crippen LogP) is 6.45. The van der Waals surface area contributed by atoms with E-state index >= 15 is 0 Å². The van der Waals surface area contributed by atoms with Crippen molar-refractivity contribution in [3.05, 3.63) is 53.0 Å². The molecule has 2 N–H and O–H groups in total. The van der Waals surface area contributed by atoms with Crippen LogP contribution >= 0.6 is 11.3 Å². The molecule has 0 atom stereocenters. The fourth-order valence-electron chi connectivity index (χ4n) is 5.62. The topological polar surface area (TPSA) is 87.7 Å². The second-order valence-corrected chi connectivity index (χ2v) is 12.2. The Morgan fingerprint density at radius 3 is 2.49 bits per heavy atom. The van der Waals surface area contributed by atoms with Gasteiger partial charge in [-0.05, 0) is 88.3 Å². The molecule has 4 aromatic rings. The standard InChI is InChI=1S/C31H39N7O2S/c1-20-19-41-29-27(20)28(34-26-9-6-8-25(33-26)31(2,3)40-5)35-30(36-29)32-21-10-11-23(24(18-21)39-4)38-16-12-22(13-17-38)37-14-7-15-37/h6,8-11,18-19,22H,7,12-17H2,1-5H3,(H2,32,33,34,35,36). The van der Waals surface area contributed by atoms with Crippen molar-refractivity contribution in [2.75, 3.05) is 55.9 Å². The Labute approximate surface area is 245 Å². The summed E-state index contributed by atoms with van der Waals surface area (Å²) in [4.78, 5) is 20.5. The number of anilines is 5. The molecule has 2 saturated heterocycles. The number of aryl methyl sites for hydroxylation is 1. The highest BCUT2D eigenvalue weighted by molar-refractivity contribution is 7.17. The number of piperidine rings is 1. The summed E-state index contributed by atoms with van der Waals surface area (Å²) in [7, 11) is 3.43. The number of benzene rings is 1. The first-order valence-electron chi connectivity index (χ1n) is 14.3. The highest BCUT2D eigenvalue weighted by atomic mass is 32.1. The van der Waals surface area contributed by atoms with Crippen molar-refractivity contribution in [2.45, 2.75) is 51.7 Å². The van der Waals surface area contributed by atoms with Gasteiger partial charge in [0.05, 0.1) is 23.9 Å². The number of nitrogens with one attached hydrogen (secondary N) is 2. The summed E-state index contributed by atoms with van der Waals surface area (Å²) < 4.78 is 11.5. The highest BCUT2D eigenvalue weighted by Crippen LogP contribution is 2.36. The van der Waals surface area contributed by atoms with E-state index in [0.717, 1.165) is 57.7 Å². The predicted molar refractivity (Wildman–Crippen MR) is 167 cm³/mol. The van der Waals surface area contributed by atoms with Crippen molar-refractivity contribution < 1.29 is 9.47 Å². The van der Waals surface area contributed by atoms with Gasteiger partial charge in [0.15, 0.2) is 0 Å². The average Bonchev–Trinajstić information content (AvgIpc) is 3.33. The van der Waals surface area contributed by atoms with Gasteiger partial charge in [0, 0.05) is 38.0 Å². The quantitative estimate of drug-likeness (QED) is 0.235. The summed E-state index contributed by atoms with van der Waals surface area (Å²) >= 11 is 1.60. The van der Waals surface area contributed by atoms with E-state index in [9.17, 15) is 0 Å². The molecule has 2 aliphatic rings. The molecule has 10 heteroatoms. The van der Waals surface area contributed by atoms with Gasteiger partial charge in [0.2, 0.25) is 5.95 Å². The molecule has 0 unspecified atom stereocenters. The van der Waals surface area contributed by atoms with Crippen LogP contribution in [0.25, 0.3) is 10.2 Å². The van der Waals surface area contributed by atoms with Crippen molar-refractivity contribution in [3.8, 4) is 5.75 Å². The third-order valence-electron chi connectivity index (χ3n) is 8.39. The van der Waals surface area contributed by atoms with Gasteiger partial charge in [0.1, 0.15) is 27.8 Å². The summed E-state index contributed by atoms with van der Waals surface area (Å²) in [5.74, 6) is 2.78. The molecule has 3 aromatic heterocycles. The number of pyridine rings is 1. The second kappa shape index (κ2) is 11.4. The van der Waals surface area contributed by atoms with Crippen LogP contribution in [0.15, 0.2) is 41.8 Å². The Hall–Kier alpha value is -3.47. The third-order valence-corrected chi connectivity index (χ3v) is 9.38. The molecular weight excluding hydrogens is 534 g/mol. The highest BCUT2D eigenvalue weighted by Gasteiger charge is 2.29. The number of rotatable bonds is 9.